The number of amides is 1. The molecule has 1 amide bonds. The van der Waals surface area contributed by atoms with Crippen molar-refractivity contribution in [1.29, 1.82) is 0 Å². The fraction of sp³-hybridized carbons (Fsp3) is 0.500. The van der Waals surface area contributed by atoms with Crippen molar-refractivity contribution in [3.8, 4) is 0 Å². The Hall–Kier alpha value is -1.51. The molecule has 92 valence electrons. The van der Waals surface area contributed by atoms with Gasteiger partial charge in [0, 0.05) is 18.3 Å². The normalized spacial score (nSPS) is 14.5. The van der Waals surface area contributed by atoms with Gasteiger partial charge in [-0.25, -0.2) is 0 Å². The lowest BCUT2D eigenvalue weighted by Crippen LogP contribution is -2.37. The van der Waals surface area contributed by atoms with Gasteiger partial charge in [0.1, 0.15) is 0 Å². The number of nitrogens with one attached hydrogen (secondary N) is 1. The molecule has 1 aromatic rings. The fourth-order valence-electron chi connectivity index (χ4n) is 1.98. The minimum absolute atomic E-state index is 0.204. The summed E-state index contributed by atoms with van der Waals surface area (Å²) in [5, 5.41) is 3.18. The topological polar surface area (TPSA) is 32.3 Å². The van der Waals surface area contributed by atoms with E-state index in [1.54, 1.807) is 0 Å². The molecule has 1 N–H and O–H groups in total. The molecule has 0 unspecified atom stereocenters. The molecule has 1 aliphatic rings. The molecule has 1 fully saturated rings. The first-order valence-corrected chi connectivity index (χ1v) is 6.30. The number of nitrogens with zero attached hydrogens (tertiary/aromatic N) is 1. The molecule has 1 aromatic carbocycles. The van der Waals surface area contributed by atoms with Crippen molar-refractivity contribution in [1.82, 2.24) is 4.90 Å². The number of hydrogen-bond donors (Lipinski definition) is 1. The minimum atomic E-state index is 0.204. The maximum absolute atomic E-state index is 12.0. The van der Waals surface area contributed by atoms with Gasteiger partial charge in [0.15, 0.2) is 0 Å². The maximum atomic E-state index is 12.0. The number of likely N-dealkylation sites (N-methyl/N-ethyl adjacent to an activating group) is 1. The molecule has 1 aliphatic carbocycles. The van der Waals surface area contributed by atoms with Crippen LogP contribution in [-0.2, 0) is 4.79 Å². The van der Waals surface area contributed by atoms with Gasteiger partial charge in [0.05, 0.1) is 6.54 Å². The smallest absolute Gasteiger partial charge is 0.242 e. The van der Waals surface area contributed by atoms with E-state index in [1.165, 1.54) is 18.4 Å². The Kier molecular flexibility index (Phi) is 3.67. The fourth-order valence-corrected chi connectivity index (χ4v) is 1.98. The van der Waals surface area contributed by atoms with Crippen LogP contribution in [0.5, 0.6) is 0 Å². The summed E-state index contributed by atoms with van der Waals surface area (Å²) in [7, 11) is 0. The van der Waals surface area contributed by atoms with Crippen molar-refractivity contribution in [2.75, 3.05) is 18.4 Å². The number of rotatable bonds is 5. The lowest BCUT2D eigenvalue weighted by molar-refractivity contribution is -0.129. The second kappa shape index (κ2) is 5.21. The Balaban J connectivity index is 1.84. The van der Waals surface area contributed by atoms with E-state index in [1.807, 2.05) is 36.1 Å². The van der Waals surface area contributed by atoms with Gasteiger partial charge in [-0.15, -0.1) is 0 Å². The molecule has 0 spiro atoms. The van der Waals surface area contributed by atoms with Crippen LogP contribution in [-0.4, -0.2) is 29.9 Å². The van der Waals surface area contributed by atoms with Crippen molar-refractivity contribution in [2.45, 2.75) is 32.7 Å². The molecule has 1 saturated carbocycles. The van der Waals surface area contributed by atoms with Crippen LogP contribution in [0.4, 0.5) is 5.69 Å². The zero-order chi connectivity index (χ0) is 12.3. The van der Waals surface area contributed by atoms with Crippen LogP contribution in [0, 0.1) is 6.92 Å². The van der Waals surface area contributed by atoms with Gasteiger partial charge in [0.25, 0.3) is 0 Å². The van der Waals surface area contributed by atoms with E-state index in [0.29, 0.717) is 12.6 Å². The van der Waals surface area contributed by atoms with Crippen molar-refractivity contribution in [3.63, 3.8) is 0 Å². The Labute approximate surface area is 103 Å². The summed E-state index contributed by atoms with van der Waals surface area (Å²) < 4.78 is 0. The average Bonchev–Trinajstić information content (AvgIpc) is 3.14. The predicted octanol–water partition coefficient (Wildman–Crippen LogP) is 2.42. The summed E-state index contributed by atoms with van der Waals surface area (Å²) in [6, 6.07) is 8.62. The summed E-state index contributed by atoms with van der Waals surface area (Å²) in [4.78, 5) is 13.9. The molecule has 0 aliphatic heterocycles. The Morgan fingerprint density at radius 3 is 2.53 bits per heavy atom. The van der Waals surface area contributed by atoms with Crippen LogP contribution in [0.2, 0.25) is 0 Å². The van der Waals surface area contributed by atoms with Gasteiger partial charge >= 0.3 is 0 Å². The first-order chi connectivity index (χ1) is 8.20. The Morgan fingerprint density at radius 1 is 1.35 bits per heavy atom. The number of anilines is 1. The van der Waals surface area contributed by atoms with Gasteiger partial charge in [-0.1, -0.05) is 17.7 Å². The van der Waals surface area contributed by atoms with E-state index in [9.17, 15) is 4.79 Å². The van der Waals surface area contributed by atoms with Crippen LogP contribution >= 0.6 is 0 Å². The van der Waals surface area contributed by atoms with Gasteiger partial charge in [-0.2, -0.15) is 0 Å². The molecular weight excluding hydrogens is 212 g/mol. The molecule has 0 radical (unpaired) electrons. The molecular formula is C14H20N2O. The third-order valence-corrected chi connectivity index (χ3v) is 3.14. The SMILES string of the molecule is CCN(C(=O)CNc1ccc(C)cc1)C1CC1. The third kappa shape index (κ3) is 3.22. The third-order valence-electron chi connectivity index (χ3n) is 3.14. The molecule has 0 atom stereocenters. The molecule has 3 heteroatoms. The van der Waals surface area contributed by atoms with Crippen molar-refractivity contribution in [3.05, 3.63) is 29.8 Å². The molecule has 0 saturated heterocycles. The Morgan fingerprint density at radius 2 is 2.00 bits per heavy atom. The first-order valence-electron chi connectivity index (χ1n) is 6.30. The lowest BCUT2D eigenvalue weighted by atomic mass is 10.2. The van der Waals surface area contributed by atoms with Gasteiger partial charge < -0.3 is 10.2 Å². The van der Waals surface area contributed by atoms with Crippen molar-refractivity contribution < 1.29 is 4.79 Å². The number of carbonyl (C=O) groups is 1. The zero-order valence-electron chi connectivity index (χ0n) is 10.6. The van der Waals surface area contributed by atoms with Gasteiger partial charge in [0.2, 0.25) is 5.91 Å². The maximum Gasteiger partial charge on any atom is 0.242 e. The van der Waals surface area contributed by atoms with Crippen LogP contribution < -0.4 is 5.32 Å². The number of carbonyl (C=O) groups excluding carboxylic acids is 1. The summed E-state index contributed by atoms with van der Waals surface area (Å²) in [5.41, 5.74) is 2.24. The van der Waals surface area contributed by atoms with E-state index in [2.05, 4.69) is 12.2 Å². The van der Waals surface area contributed by atoms with Gasteiger partial charge in [-0.05, 0) is 38.8 Å². The van der Waals surface area contributed by atoms with Crippen molar-refractivity contribution in [2.24, 2.45) is 0 Å². The summed E-state index contributed by atoms with van der Waals surface area (Å²) in [5.74, 6) is 0.204. The van der Waals surface area contributed by atoms with E-state index in [0.717, 1.165) is 12.2 Å². The predicted molar refractivity (Wildman–Crippen MR) is 70.1 cm³/mol. The number of benzene rings is 1. The highest BCUT2D eigenvalue weighted by atomic mass is 16.2. The highest BCUT2D eigenvalue weighted by Gasteiger charge is 2.30. The summed E-state index contributed by atoms with van der Waals surface area (Å²) >= 11 is 0. The zero-order valence-corrected chi connectivity index (χ0v) is 10.6. The Bertz CT molecular complexity index is 382. The molecule has 3 nitrogen and oxygen atoms in total. The standard InChI is InChI=1S/C14H20N2O/c1-3-16(13-8-9-13)14(17)10-15-12-6-4-11(2)5-7-12/h4-7,13,15H,3,8-10H2,1-2H3. The first kappa shape index (κ1) is 12.0. The monoisotopic (exact) mass is 232 g/mol. The molecule has 0 bridgehead atoms. The quantitative estimate of drug-likeness (QED) is 0.845. The molecule has 0 aromatic heterocycles. The highest BCUT2D eigenvalue weighted by Crippen LogP contribution is 2.26. The van der Waals surface area contributed by atoms with E-state index < -0.39 is 0 Å². The minimum Gasteiger partial charge on any atom is -0.376 e. The second-order valence-electron chi connectivity index (χ2n) is 4.63. The molecule has 2 rings (SSSR count). The second-order valence-corrected chi connectivity index (χ2v) is 4.63. The average molecular weight is 232 g/mol. The summed E-state index contributed by atoms with van der Waals surface area (Å²) in [6.45, 7) is 5.31. The number of hydrogen-bond acceptors (Lipinski definition) is 2. The highest BCUT2D eigenvalue weighted by molar-refractivity contribution is 5.81. The molecule has 17 heavy (non-hydrogen) atoms. The number of aryl methyl sites for hydroxylation is 1. The lowest BCUT2D eigenvalue weighted by Gasteiger charge is -2.20. The van der Waals surface area contributed by atoms with Gasteiger partial charge in [-0.3, -0.25) is 4.79 Å². The van der Waals surface area contributed by atoms with E-state index >= 15 is 0 Å². The van der Waals surface area contributed by atoms with Crippen LogP contribution in [0.1, 0.15) is 25.3 Å². The van der Waals surface area contributed by atoms with E-state index in [4.69, 9.17) is 0 Å². The van der Waals surface area contributed by atoms with Crippen LogP contribution in [0.15, 0.2) is 24.3 Å². The van der Waals surface area contributed by atoms with Crippen molar-refractivity contribution >= 4 is 11.6 Å². The van der Waals surface area contributed by atoms with Crippen LogP contribution in [0.3, 0.4) is 0 Å². The summed E-state index contributed by atoms with van der Waals surface area (Å²) in [6.07, 6.45) is 2.34. The molecule has 0 heterocycles. The van der Waals surface area contributed by atoms with Crippen LogP contribution in [0.25, 0.3) is 0 Å². The largest absolute Gasteiger partial charge is 0.376 e. The van der Waals surface area contributed by atoms with E-state index in [-0.39, 0.29) is 5.91 Å².